The van der Waals surface area contributed by atoms with E-state index in [-0.39, 0.29) is 0 Å². The number of primary amides is 1. The number of imidazole rings is 1. The monoisotopic (exact) mass is 168 g/mol. The van der Waals surface area contributed by atoms with E-state index in [9.17, 15) is 4.79 Å². The molecular formula is C7H12N4O. The molecule has 12 heavy (non-hydrogen) atoms. The maximum atomic E-state index is 10.3. The molecule has 0 fully saturated rings. The second-order valence-electron chi connectivity index (χ2n) is 2.45. The quantitative estimate of drug-likeness (QED) is 0.618. The van der Waals surface area contributed by atoms with Crippen LogP contribution in [0.5, 0.6) is 0 Å². The van der Waals surface area contributed by atoms with Gasteiger partial charge in [0.05, 0.1) is 6.33 Å². The van der Waals surface area contributed by atoms with Gasteiger partial charge in [0, 0.05) is 25.5 Å². The molecule has 0 radical (unpaired) electrons. The number of hydrogen-bond acceptors (Lipinski definition) is 2. The number of nitrogens with one attached hydrogen (secondary N) is 1. The van der Waals surface area contributed by atoms with Gasteiger partial charge >= 0.3 is 6.03 Å². The zero-order chi connectivity index (χ0) is 8.81. The molecule has 1 rings (SSSR count). The molecule has 1 aromatic heterocycles. The molecule has 0 atom stereocenters. The van der Waals surface area contributed by atoms with Gasteiger partial charge in [-0.3, -0.25) is 0 Å². The highest BCUT2D eigenvalue weighted by atomic mass is 16.2. The first-order valence-electron chi connectivity index (χ1n) is 3.78. The second-order valence-corrected chi connectivity index (χ2v) is 2.45. The molecule has 1 heterocycles. The van der Waals surface area contributed by atoms with E-state index in [1.54, 1.807) is 12.5 Å². The van der Waals surface area contributed by atoms with Crippen LogP contribution in [0, 0.1) is 0 Å². The maximum absolute atomic E-state index is 10.3. The molecule has 0 aromatic carbocycles. The van der Waals surface area contributed by atoms with Crippen molar-refractivity contribution >= 4 is 6.03 Å². The topological polar surface area (TPSA) is 72.9 Å². The number of aryl methyl sites for hydroxylation is 1. The molecule has 3 N–H and O–H groups in total. The van der Waals surface area contributed by atoms with Gasteiger partial charge in [-0.15, -0.1) is 0 Å². The van der Waals surface area contributed by atoms with Crippen molar-refractivity contribution in [3.05, 3.63) is 18.7 Å². The van der Waals surface area contributed by atoms with Gasteiger partial charge in [0.1, 0.15) is 0 Å². The Hall–Kier alpha value is -1.52. The SMILES string of the molecule is NC(=O)NCCCn1ccnc1. The van der Waals surface area contributed by atoms with Gasteiger partial charge in [-0.05, 0) is 6.42 Å². The third-order valence-corrected chi connectivity index (χ3v) is 1.45. The van der Waals surface area contributed by atoms with Crippen molar-refractivity contribution in [2.45, 2.75) is 13.0 Å². The number of amides is 2. The molecule has 1 aromatic rings. The minimum absolute atomic E-state index is 0.472. The number of urea groups is 1. The largest absolute Gasteiger partial charge is 0.352 e. The molecule has 0 saturated carbocycles. The van der Waals surface area contributed by atoms with Crippen molar-refractivity contribution < 1.29 is 4.79 Å². The summed E-state index contributed by atoms with van der Waals surface area (Å²) >= 11 is 0. The van der Waals surface area contributed by atoms with Crippen molar-refractivity contribution in [2.24, 2.45) is 5.73 Å². The van der Waals surface area contributed by atoms with Gasteiger partial charge < -0.3 is 15.6 Å². The van der Waals surface area contributed by atoms with Crippen molar-refractivity contribution in [1.82, 2.24) is 14.9 Å². The first-order chi connectivity index (χ1) is 5.79. The zero-order valence-corrected chi connectivity index (χ0v) is 6.73. The summed E-state index contributed by atoms with van der Waals surface area (Å²) in [5.74, 6) is 0. The van der Waals surface area contributed by atoms with E-state index in [0.717, 1.165) is 13.0 Å². The van der Waals surface area contributed by atoms with Crippen LogP contribution in [-0.4, -0.2) is 22.1 Å². The van der Waals surface area contributed by atoms with E-state index < -0.39 is 6.03 Å². The molecule has 0 spiro atoms. The first-order valence-corrected chi connectivity index (χ1v) is 3.78. The van der Waals surface area contributed by atoms with Crippen molar-refractivity contribution in [3.8, 4) is 0 Å². The maximum Gasteiger partial charge on any atom is 0.312 e. The number of aromatic nitrogens is 2. The number of nitrogens with two attached hydrogens (primary N) is 1. The Labute approximate surface area is 70.6 Å². The molecular weight excluding hydrogens is 156 g/mol. The highest BCUT2D eigenvalue weighted by Crippen LogP contribution is 1.88. The highest BCUT2D eigenvalue weighted by Gasteiger charge is 1.91. The summed E-state index contributed by atoms with van der Waals surface area (Å²) < 4.78 is 1.95. The van der Waals surface area contributed by atoms with Crippen LogP contribution in [0.2, 0.25) is 0 Å². The number of nitrogens with zero attached hydrogens (tertiary/aromatic N) is 2. The normalized spacial score (nSPS) is 9.67. The van der Waals surface area contributed by atoms with Gasteiger partial charge in [0.15, 0.2) is 0 Å². The van der Waals surface area contributed by atoms with Crippen LogP contribution in [0.15, 0.2) is 18.7 Å². The summed E-state index contributed by atoms with van der Waals surface area (Å²) in [6.45, 7) is 1.45. The Kier molecular flexibility index (Phi) is 3.13. The van der Waals surface area contributed by atoms with Crippen LogP contribution in [0.3, 0.4) is 0 Å². The van der Waals surface area contributed by atoms with E-state index in [2.05, 4.69) is 10.3 Å². The smallest absolute Gasteiger partial charge is 0.312 e. The molecule has 66 valence electrons. The number of carbonyl (C=O) groups is 1. The molecule has 5 heteroatoms. The summed E-state index contributed by atoms with van der Waals surface area (Å²) in [6, 6.07) is -0.472. The minimum Gasteiger partial charge on any atom is -0.352 e. The molecule has 0 aliphatic heterocycles. The van der Waals surface area contributed by atoms with Crippen molar-refractivity contribution in [2.75, 3.05) is 6.54 Å². The predicted octanol–water partition coefficient (Wildman–Crippen LogP) is -0.0585. The Morgan fingerprint density at radius 1 is 1.67 bits per heavy atom. The summed E-state index contributed by atoms with van der Waals surface area (Å²) in [7, 11) is 0. The standard InChI is InChI=1S/C7H12N4O/c8-7(12)10-2-1-4-11-5-3-9-6-11/h3,5-6H,1-2,4H2,(H3,8,10,12). The van der Waals surface area contributed by atoms with Crippen LogP contribution in [0.1, 0.15) is 6.42 Å². The first kappa shape index (κ1) is 8.58. The van der Waals surface area contributed by atoms with E-state index in [0.29, 0.717) is 6.54 Å². The van der Waals surface area contributed by atoms with Gasteiger partial charge in [0.25, 0.3) is 0 Å². The van der Waals surface area contributed by atoms with Gasteiger partial charge in [0.2, 0.25) is 0 Å². The van der Waals surface area contributed by atoms with Crippen LogP contribution in [0.25, 0.3) is 0 Å². The second kappa shape index (κ2) is 4.38. The fourth-order valence-corrected chi connectivity index (χ4v) is 0.892. The Morgan fingerprint density at radius 2 is 2.50 bits per heavy atom. The molecule has 2 amide bonds. The van der Waals surface area contributed by atoms with Crippen LogP contribution in [-0.2, 0) is 6.54 Å². The Balaban J connectivity index is 2.07. The summed E-state index contributed by atoms with van der Waals surface area (Å²) in [5, 5.41) is 2.51. The number of hydrogen-bond donors (Lipinski definition) is 2. The van der Waals surface area contributed by atoms with Crippen molar-refractivity contribution in [1.29, 1.82) is 0 Å². The summed E-state index contributed by atoms with van der Waals surface area (Å²) in [5.41, 5.74) is 4.88. The van der Waals surface area contributed by atoms with E-state index >= 15 is 0 Å². The van der Waals surface area contributed by atoms with E-state index in [1.165, 1.54) is 0 Å². The molecule has 0 bridgehead atoms. The van der Waals surface area contributed by atoms with Gasteiger partial charge in [-0.25, -0.2) is 9.78 Å². The van der Waals surface area contributed by atoms with Crippen LogP contribution >= 0.6 is 0 Å². The third-order valence-electron chi connectivity index (χ3n) is 1.45. The molecule has 0 unspecified atom stereocenters. The van der Waals surface area contributed by atoms with E-state index in [1.807, 2.05) is 10.8 Å². The predicted molar refractivity (Wildman–Crippen MR) is 44.4 cm³/mol. The lowest BCUT2D eigenvalue weighted by atomic mass is 10.4. The van der Waals surface area contributed by atoms with Gasteiger partial charge in [-0.2, -0.15) is 0 Å². The lowest BCUT2D eigenvalue weighted by molar-refractivity contribution is 0.248. The molecule has 0 saturated heterocycles. The van der Waals surface area contributed by atoms with Gasteiger partial charge in [-0.1, -0.05) is 0 Å². The lowest BCUT2D eigenvalue weighted by Crippen LogP contribution is -2.30. The fourth-order valence-electron chi connectivity index (χ4n) is 0.892. The number of rotatable bonds is 4. The minimum atomic E-state index is -0.472. The van der Waals surface area contributed by atoms with E-state index in [4.69, 9.17) is 5.73 Å². The van der Waals surface area contributed by atoms with Crippen LogP contribution < -0.4 is 11.1 Å². The van der Waals surface area contributed by atoms with Crippen LogP contribution in [0.4, 0.5) is 4.79 Å². The lowest BCUT2D eigenvalue weighted by Gasteiger charge is -2.01. The van der Waals surface area contributed by atoms with Crippen molar-refractivity contribution in [3.63, 3.8) is 0 Å². The summed E-state index contributed by atoms with van der Waals surface area (Å²) in [6.07, 6.45) is 6.20. The average Bonchev–Trinajstić information content (AvgIpc) is 2.49. The third kappa shape index (κ3) is 3.05. The summed E-state index contributed by atoms with van der Waals surface area (Å²) in [4.78, 5) is 14.1. The zero-order valence-electron chi connectivity index (χ0n) is 6.73. The molecule has 0 aliphatic carbocycles. The Bertz CT molecular complexity index is 232. The fraction of sp³-hybridized carbons (Fsp3) is 0.429. The highest BCUT2D eigenvalue weighted by molar-refractivity contribution is 5.71. The average molecular weight is 168 g/mol. The Morgan fingerprint density at radius 3 is 3.08 bits per heavy atom. The number of carbonyl (C=O) groups excluding carboxylic acids is 1. The molecule has 5 nitrogen and oxygen atoms in total. The molecule has 0 aliphatic rings.